The monoisotopic (exact) mass is 450 g/mol. The predicted octanol–water partition coefficient (Wildman–Crippen LogP) is 3.69. The molecule has 3 aromatic rings. The molecule has 1 saturated heterocycles. The van der Waals surface area contributed by atoms with Gasteiger partial charge in [0.25, 0.3) is 0 Å². The molecular weight excluding hydrogens is 420 g/mol. The summed E-state index contributed by atoms with van der Waals surface area (Å²) < 4.78 is 4.56. The van der Waals surface area contributed by atoms with Crippen LogP contribution in [0.4, 0.5) is 15.6 Å². The number of piperazine rings is 1. The molecule has 8 heteroatoms. The van der Waals surface area contributed by atoms with E-state index in [1.807, 2.05) is 31.2 Å². The van der Waals surface area contributed by atoms with Crippen molar-refractivity contribution in [3.05, 3.63) is 71.0 Å². The van der Waals surface area contributed by atoms with E-state index < -0.39 is 0 Å². The molecule has 0 bridgehead atoms. The molecule has 1 aromatic heterocycles. The molecule has 1 aliphatic heterocycles. The Balaban J connectivity index is 1.17. The van der Waals surface area contributed by atoms with Gasteiger partial charge in [-0.25, -0.2) is 9.78 Å². The Morgan fingerprint density at radius 1 is 1.03 bits per heavy atom. The summed E-state index contributed by atoms with van der Waals surface area (Å²) in [5.74, 6) is 0.889. The molecule has 2 aromatic carbocycles. The van der Waals surface area contributed by atoms with Crippen molar-refractivity contribution in [3.63, 3.8) is 0 Å². The van der Waals surface area contributed by atoms with Gasteiger partial charge in [-0.3, -0.25) is 4.90 Å². The number of aromatic nitrogens is 2. The van der Waals surface area contributed by atoms with Crippen molar-refractivity contribution in [2.75, 3.05) is 49.5 Å². The topological polar surface area (TPSA) is 73.4 Å². The van der Waals surface area contributed by atoms with Crippen LogP contribution in [0.1, 0.15) is 22.5 Å². The minimum atomic E-state index is -0.163. The minimum Gasteiger partial charge on any atom is -0.344 e. The summed E-state index contributed by atoms with van der Waals surface area (Å²) >= 11 is 1.48. The molecule has 2 heterocycles. The Hall–Kier alpha value is -2.97. The highest BCUT2D eigenvalue weighted by Gasteiger charge is 2.20. The van der Waals surface area contributed by atoms with Crippen LogP contribution in [-0.4, -0.2) is 59.6 Å². The van der Waals surface area contributed by atoms with Crippen LogP contribution in [0.15, 0.2) is 48.5 Å². The lowest BCUT2D eigenvalue weighted by Crippen LogP contribution is -2.48. The summed E-state index contributed by atoms with van der Waals surface area (Å²) in [5.41, 5.74) is 4.44. The number of carbonyl (C=O) groups is 1. The van der Waals surface area contributed by atoms with Gasteiger partial charge >= 0.3 is 6.03 Å². The molecule has 2 amide bonds. The molecule has 0 radical (unpaired) electrons. The molecule has 0 saturated carbocycles. The van der Waals surface area contributed by atoms with Gasteiger partial charge in [0.15, 0.2) is 0 Å². The molecule has 0 unspecified atom stereocenters. The number of hydrogen-bond donors (Lipinski definition) is 2. The second-order valence-electron chi connectivity index (χ2n) is 8.23. The van der Waals surface area contributed by atoms with Crippen molar-refractivity contribution >= 4 is 28.4 Å². The number of anilines is 2. The number of rotatable bonds is 7. The van der Waals surface area contributed by atoms with Crippen LogP contribution in [0.3, 0.4) is 0 Å². The van der Waals surface area contributed by atoms with Crippen LogP contribution in [0.2, 0.25) is 0 Å². The van der Waals surface area contributed by atoms with E-state index in [4.69, 9.17) is 4.98 Å². The second-order valence-corrected chi connectivity index (χ2v) is 8.96. The Bertz CT molecular complexity index is 1030. The highest BCUT2D eigenvalue weighted by atomic mass is 32.1. The zero-order valence-electron chi connectivity index (χ0n) is 18.7. The molecule has 168 valence electrons. The first-order chi connectivity index (χ1) is 15.5. The largest absolute Gasteiger partial charge is 0.344 e. The maximum atomic E-state index is 12.1. The third-order valence-corrected chi connectivity index (χ3v) is 6.39. The normalized spacial score (nSPS) is 14.4. The van der Waals surface area contributed by atoms with Crippen molar-refractivity contribution in [2.24, 2.45) is 0 Å². The van der Waals surface area contributed by atoms with Gasteiger partial charge in [-0.2, -0.15) is 4.37 Å². The van der Waals surface area contributed by atoms with Crippen molar-refractivity contribution < 1.29 is 4.79 Å². The van der Waals surface area contributed by atoms with E-state index in [-0.39, 0.29) is 6.03 Å². The van der Waals surface area contributed by atoms with E-state index in [9.17, 15) is 4.79 Å². The third-order valence-electron chi connectivity index (χ3n) is 5.57. The number of amides is 2. The molecule has 0 spiro atoms. The van der Waals surface area contributed by atoms with Crippen LogP contribution in [0.25, 0.3) is 0 Å². The summed E-state index contributed by atoms with van der Waals surface area (Å²) in [6.07, 6.45) is 0.771. The smallest absolute Gasteiger partial charge is 0.319 e. The fourth-order valence-corrected chi connectivity index (χ4v) is 4.46. The number of urea groups is 1. The minimum absolute atomic E-state index is 0.163. The lowest BCUT2D eigenvalue weighted by molar-refractivity contribution is 0.240. The fraction of sp³-hybridized carbons (Fsp3) is 0.375. The SMILES string of the molecule is Cc1ccc(Cc2nsc(N3CCN(CCNC(=O)Nc4cccc(C)c4)CC3)n2)cc1. The average Bonchev–Trinajstić information content (AvgIpc) is 3.24. The lowest BCUT2D eigenvalue weighted by Gasteiger charge is -2.34. The number of aryl methyl sites for hydroxylation is 2. The molecule has 2 N–H and O–H groups in total. The van der Waals surface area contributed by atoms with Gasteiger partial charge < -0.3 is 15.5 Å². The summed E-state index contributed by atoms with van der Waals surface area (Å²) in [6.45, 7) is 9.32. The highest BCUT2D eigenvalue weighted by molar-refractivity contribution is 7.09. The van der Waals surface area contributed by atoms with E-state index in [0.717, 1.165) is 61.4 Å². The maximum Gasteiger partial charge on any atom is 0.319 e. The van der Waals surface area contributed by atoms with Gasteiger partial charge in [0.05, 0.1) is 0 Å². The van der Waals surface area contributed by atoms with E-state index >= 15 is 0 Å². The van der Waals surface area contributed by atoms with E-state index in [1.54, 1.807) is 0 Å². The molecule has 1 fully saturated rings. The van der Waals surface area contributed by atoms with E-state index in [2.05, 4.69) is 56.0 Å². The second kappa shape index (κ2) is 10.6. The van der Waals surface area contributed by atoms with Crippen LogP contribution < -0.4 is 15.5 Å². The van der Waals surface area contributed by atoms with E-state index in [1.165, 1.54) is 22.7 Å². The van der Waals surface area contributed by atoms with Gasteiger partial charge in [-0.05, 0) is 37.1 Å². The first-order valence-corrected chi connectivity index (χ1v) is 11.8. The molecule has 4 rings (SSSR count). The molecular formula is C24H30N6OS. The van der Waals surface area contributed by atoms with Crippen molar-refractivity contribution in [1.82, 2.24) is 19.6 Å². The zero-order valence-corrected chi connectivity index (χ0v) is 19.5. The van der Waals surface area contributed by atoms with Gasteiger partial charge in [0.1, 0.15) is 5.82 Å². The van der Waals surface area contributed by atoms with Crippen LogP contribution in [0, 0.1) is 13.8 Å². The average molecular weight is 451 g/mol. The predicted molar refractivity (Wildman–Crippen MR) is 131 cm³/mol. The molecule has 1 aliphatic rings. The number of carbonyl (C=O) groups excluding carboxylic acids is 1. The highest BCUT2D eigenvalue weighted by Crippen LogP contribution is 2.20. The summed E-state index contributed by atoms with van der Waals surface area (Å²) in [6, 6.07) is 16.2. The number of nitrogens with one attached hydrogen (secondary N) is 2. The summed E-state index contributed by atoms with van der Waals surface area (Å²) in [5, 5.41) is 6.83. The number of hydrogen-bond acceptors (Lipinski definition) is 6. The summed E-state index contributed by atoms with van der Waals surface area (Å²) in [4.78, 5) is 21.5. The van der Waals surface area contributed by atoms with Gasteiger partial charge in [0, 0.05) is 62.9 Å². The van der Waals surface area contributed by atoms with Crippen molar-refractivity contribution in [3.8, 4) is 0 Å². The summed E-state index contributed by atoms with van der Waals surface area (Å²) in [7, 11) is 0. The first-order valence-electron chi connectivity index (χ1n) is 11.0. The zero-order chi connectivity index (χ0) is 22.3. The Kier molecular flexibility index (Phi) is 7.34. The molecule has 32 heavy (non-hydrogen) atoms. The maximum absolute atomic E-state index is 12.1. The molecule has 0 atom stereocenters. The van der Waals surface area contributed by atoms with Crippen LogP contribution in [-0.2, 0) is 6.42 Å². The van der Waals surface area contributed by atoms with Crippen LogP contribution >= 0.6 is 11.5 Å². The van der Waals surface area contributed by atoms with Gasteiger partial charge in [0.2, 0.25) is 5.13 Å². The van der Waals surface area contributed by atoms with Crippen molar-refractivity contribution in [2.45, 2.75) is 20.3 Å². The quantitative estimate of drug-likeness (QED) is 0.574. The molecule has 0 aliphatic carbocycles. The Labute approximate surface area is 193 Å². The lowest BCUT2D eigenvalue weighted by atomic mass is 10.1. The van der Waals surface area contributed by atoms with Crippen LogP contribution in [0.5, 0.6) is 0 Å². The Morgan fingerprint density at radius 2 is 1.81 bits per heavy atom. The van der Waals surface area contributed by atoms with Gasteiger partial charge in [-0.1, -0.05) is 42.0 Å². The van der Waals surface area contributed by atoms with Gasteiger partial charge in [-0.15, -0.1) is 0 Å². The first kappa shape index (κ1) is 22.2. The standard InChI is InChI=1S/C24H30N6OS/c1-18-6-8-20(9-7-18)17-22-27-24(32-28-22)30-14-12-29(13-15-30)11-10-25-23(31)26-21-5-3-4-19(2)16-21/h3-9,16H,10-15,17H2,1-2H3,(H2,25,26,31). The number of nitrogens with zero attached hydrogens (tertiary/aromatic N) is 4. The van der Waals surface area contributed by atoms with E-state index in [0.29, 0.717) is 6.54 Å². The van der Waals surface area contributed by atoms with Crippen molar-refractivity contribution in [1.29, 1.82) is 0 Å². The molecule has 7 nitrogen and oxygen atoms in total. The number of benzene rings is 2. The third kappa shape index (κ3) is 6.27. The fourth-order valence-electron chi connectivity index (χ4n) is 3.72. The Morgan fingerprint density at radius 3 is 2.56 bits per heavy atom.